The molecule has 1 saturated heterocycles. The van der Waals surface area contributed by atoms with Crippen LogP contribution in [0.15, 0.2) is 48.5 Å². The van der Waals surface area contributed by atoms with E-state index in [1.807, 2.05) is 0 Å². The lowest BCUT2D eigenvalue weighted by Gasteiger charge is -2.15. The van der Waals surface area contributed by atoms with Gasteiger partial charge in [0.05, 0.1) is 6.10 Å². The molecule has 0 amide bonds. The monoisotopic (exact) mass is 270 g/mol. The second-order valence-electron chi connectivity index (χ2n) is 6.44. The molecule has 1 heterocycles. The van der Waals surface area contributed by atoms with E-state index in [1.165, 1.54) is 50.6 Å². The molecule has 0 saturated carbocycles. The van der Waals surface area contributed by atoms with Gasteiger partial charge < -0.3 is 4.74 Å². The van der Waals surface area contributed by atoms with Crippen LogP contribution in [0.3, 0.4) is 0 Å². The maximum atomic E-state index is 5.81. The third-order valence-corrected chi connectivity index (χ3v) is 5.35. The molecule has 1 nitrogen and oxygen atoms in total. The number of rotatable bonds is 0. The molecule has 0 N–H and O–H groups in total. The predicted octanol–water partition coefficient (Wildman–Crippen LogP) is 4.87. The number of fused-ring (bicyclic) bond motifs is 6. The maximum Gasteiger partial charge on any atom is 0.109 e. The zero-order valence-corrected chi connectivity index (χ0v) is 11.6. The normalized spacial score (nSPS) is 23.6. The number of hydrogen-bond acceptors (Lipinski definition) is 1. The summed E-state index contributed by atoms with van der Waals surface area (Å²) in [4.78, 5) is 0. The molecule has 1 fully saturated rings. The van der Waals surface area contributed by atoms with Crippen molar-refractivity contribution in [1.29, 1.82) is 0 Å². The zero-order chi connectivity index (χ0) is 13.6. The van der Waals surface area contributed by atoms with E-state index < -0.39 is 0 Å². The van der Waals surface area contributed by atoms with E-state index in [4.69, 9.17) is 4.74 Å². The van der Waals surface area contributed by atoms with Crippen molar-refractivity contribution in [3.63, 3.8) is 0 Å². The second-order valence-corrected chi connectivity index (χ2v) is 6.44. The minimum Gasteiger partial charge on any atom is -0.364 e. The number of hydrogen-bond donors (Lipinski definition) is 0. The van der Waals surface area contributed by atoms with E-state index in [9.17, 15) is 0 Å². The summed E-state index contributed by atoms with van der Waals surface area (Å²) in [7, 11) is 0. The standard InChI is InChI=1S/C20H14O/c1-3-11-4-2-6-14-17-10-15-12(7-8-18-20(15)21-18)9-16(17)13(5-1)19(11)14/h1-6,9-10,18,20H,7-8H2. The smallest absolute Gasteiger partial charge is 0.109 e. The largest absolute Gasteiger partial charge is 0.364 e. The third-order valence-electron chi connectivity index (χ3n) is 5.35. The Kier molecular flexibility index (Phi) is 1.70. The van der Waals surface area contributed by atoms with Gasteiger partial charge in [-0.1, -0.05) is 42.5 Å². The summed E-state index contributed by atoms with van der Waals surface area (Å²) in [6.45, 7) is 0. The summed E-state index contributed by atoms with van der Waals surface area (Å²) in [6.07, 6.45) is 3.22. The Bertz CT molecular complexity index is 933. The highest BCUT2D eigenvalue weighted by Crippen LogP contribution is 2.53. The molecular formula is C20H14O. The fourth-order valence-corrected chi connectivity index (χ4v) is 4.31. The molecule has 2 atom stereocenters. The fourth-order valence-electron chi connectivity index (χ4n) is 4.31. The molecule has 6 rings (SSSR count). The molecule has 3 aliphatic rings. The van der Waals surface area contributed by atoms with E-state index in [0.717, 1.165) is 6.42 Å². The van der Waals surface area contributed by atoms with Crippen molar-refractivity contribution < 1.29 is 4.74 Å². The first-order valence-corrected chi connectivity index (χ1v) is 7.75. The summed E-state index contributed by atoms with van der Waals surface area (Å²) in [5, 5.41) is 2.77. The molecule has 2 unspecified atom stereocenters. The fraction of sp³-hybridized carbons (Fsp3) is 0.200. The summed E-state index contributed by atoms with van der Waals surface area (Å²) in [5.41, 5.74) is 8.55. The average Bonchev–Trinajstić information content (AvgIpc) is 3.27. The van der Waals surface area contributed by atoms with Crippen molar-refractivity contribution in [3.8, 4) is 22.3 Å². The van der Waals surface area contributed by atoms with Crippen molar-refractivity contribution in [2.75, 3.05) is 0 Å². The van der Waals surface area contributed by atoms with Gasteiger partial charge in [-0.3, -0.25) is 0 Å². The van der Waals surface area contributed by atoms with Crippen LogP contribution in [0.5, 0.6) is 0 Å². The highest BCUT2D eigenvalue weighted by Gasteiger charge is 2.44. The molecule has 2 aliphatic carbocycles. The second kappa shape index (κ2) is 3.37. The molecule has 0 bridgehead atoms. The van der Waals surface area contributed by atoms with Gasteiger partial charge in [0.2, 0.25) is 0 Å². The van der Waals surface area contributed by atoms with Crippen LogP contribution >= 0.6 is 0 Å². The van der Waals surface area contributed by atoms with E-state index in [-0.39, 0.29) is 0 Å². The Balaban J connectivity index is 1.74. The Morgan fingerprint density at radius 1 is 0.857 bits per heavy atom. The Hall–Kier alpha value is -2.12. The molecule has 21 heavy (non-hydrogen) atoms. The number of epoxide rings is 1. The molecule has 0 radical (unpaired) electrons. The van der Waals surface area contributed by atoms with E-state index in [1.54, 1.807) is 0 Å². The van der Waals surface area contributed by atoms with Crippen molar-refractivity contribution in [2.24, 2.45) is 0 Å². The highest BCUT2D eigenvalue weighted by atomic mass is 16.6. The van der Waals surface area contributed by atoms with Gasteiger partial charge in [-0.25, -0.2) is 0 Å². The lowest BCUT2D eigenvalue weighted by atomic mass is 9.87. The lowest BCUT2D eigenvalue weighted by Crippen LogP contribution is -2.04. The van der Waals surface area contributed by atoms with Gasteiger partial charge in [0.25, 0.3) is 0 Å². The summed E-state index contributed by atoms with van der Waals surface area (Å²) < 4.78 is 5.81. The van der Waals surface area contributed by atoms with Gasteiger partial charge in [-0.15, -0.1) is 0 Å². The SMILES string of the molecule is c1cc2c3c(cccc3c1)-c1cc3c(cc1-2)CCC1OC31. The summed E-state index contributed by atoms with van der Waals surface area (Å²) in [6, 6.07) is 18.1. The first kappa shape index (κ1) is 10.6. The minimum atomic E-state index is 0.377. The Labute approximate surface area is 123 Å². The summed E-state index contributed by atoms with van der Waals surface area (Å²) >= 11 is 0. The lowest BCUT2D eigenvalue weighted by molar-refractivity contribution is 0.373. The number of aryl methyl sites for hydroxylation is 1. The van der Waals surface area contributed by atoms with Crippen molar-refractivity contribution in [3.05, 3.63) is 59.7 Å². The van der Waals surface area contributed by atoms with Gasteiger partial charge in [-0.2, -0.15) is 0 Å². The molecule has 0 aromatic heterocycles. The van der Waals surface area contributed by atoms with Crippen molar-refractivity contribution in [2.45, 2.75) is 25.0 Å². The Morgan fingerprint density at radius 2 is 1.62 bits per heavy atom. The van der Waals surface area contributed by atoms with Crippen molar-refractivity contribution in [1.82, 2.24) is 0 Å². The molecule has 1 heteroatoms. The molecular weight excluding hydrogens is 256 g/mol. The van der Waals surface area contributed by atoms with E-state index >= 15 is 0 Å². The molecule has 0 spiro atoms. The van der Waals surface area contributed by atoms with Gasteiger partial charge in [0, 0.05) is 0 Å². The van der Waals surface area contributed by atoms with E-state index in [2.05, 4.69) is 48.5 Å². The molecule has 100 valence electrons. The predicted molar refractivity (Wildman–Crippen MR) is 84.3 cm³/mol. The Morgan fingerprint density at radius 3 is 2.43 bits per heavy atom. The van der Waals surface area contributed by atoms with Crippen LogP contribution in [-0.4, -0.2) is 6.10 Å². The van der Waals surface area contributed by atoms with Crippen LogP contribution in [0.4, 0.5) is 0 Å². The van der Waals surface area contributed by atoms with Gasteiger partial charge in [0.1, 0.15) is 6.10 Å². The highest BCUT2D eigenvalue weighted by molar-refractivity contribution is 6.15. The third kappa shape index (κ3) is 1.22. The molecule has 3 aromatic carbocycles. The maximum absolute atomic E-state index is 5.81. The van der Waals surface area contributed by atoms with Crippen LogP contribution in [-0.2, 0) is 11.2 Å². The average molecular weight is 270 g/mol. The topological polar surface area (TPSA) is 12.5 Å². The minimum absolute atomic E-state index is 0.377. The van der Waals surface area contributed by atoms with Gasteiger partial charge >= 0.3 is 0 Å². The zero-order valence-electron chi connectivity index (χ0n) is 11.6. The van der Waals surface area contributed by atoms with Crippen LogP contribution in [0.25, 0.3) is 33.0 Å². The van der Waals surface area contributed by atoms with Crippen molar-refractivity contribution >= 4 is 10.8 Å². The number of ether oxygens (including phenoxy) is 1. The van der Waals surface area contributed by atoms with Gasteiger partial charge in [-0.05, 0) is 63.1 Å². The van der Waals surface area contributed by atoms with Gasteiger partial charge in [0.15, 0.2) is 0 Å². The molecule has 1 aliphatic heterocycles. The first-order chi connectivity index (χ1) is 10.4. The number of benzene rings is 3. The van der Waals surface area contributed by atoms with Crippen LogP contribution in [0, 0.1) is 0 Å². The first-order valence-electron chi connectivity index (χ1n) is 7.75. The molecule has 3 aromatic rings. The van der Waals surface area contributed by atoms with Crippen LogP contribution in [0.1, 0.15) is 23.7 Å². The summed E-state index contributed by atoms with van der Waals surface area (Å²) in [5.74, 6) is 0. The van der Waals surface area contributed by atoms with Crippen LogP contribution < -0.4 is 0 Å². The quantitative estimate of drug-likeness (QED) is 0.415. The van der Waals surface area contributed by atoms with E-state index in [0.29, 0.717) is 12.2 Å². The van der Waals surface area contributed by atoms with Crippen LogP contribution in [0.2, 0.25) is 0 Å².